The van der Waals surface area contributed by atoms with Gasteiger partial charge in [-0.25, -0.2) is 0 Å². The van der Waals surface area contributed by atoms with E-state index in [-0.39, 0.29) is 0 Å². The summed E-state index contributed by atoms with van der Waals surface area (Å²) >= 11 is 4.04. The number of pyridine rings is 1. The maximum absolute atomic E-state index is 10.7. The van der Waals surface area contributed by atoms with Crippen molar-refractivity contribution in [2.45, 2.75) is 44.0 Å². The summed E-state index contributed by atoms with van der Waals surface area (Å²) < 4.78 is 5.73. The first-order chi connectivity index (χ1) is 11.6. The third-order valence-electron chi connectivity index (χ3n) is 3.78. The predicted molar refractivity (Wildman–Crippen MR) is 97.6 cm³/mol. The zero-order chi connectivity index (χ0) is 17.2. The van der Waals surface area contributed by atoms with Crippen molar-refractivity contribution in [2.75, 3.05) is 0 Å². The minimum Gasteiger partial charge on any atom is -0.489 e. The monoisotopic (exact) mass is 345 g/mol. The van der Waals surface area contributed by atoms with Gasteiger partial charge in [0.15, 0.2) is 0 Å². The van der Waals surface area contributed by atoms with E-state index >= 15 is 0 Å². The highest BCUT2D eigenvalue weighted by Crippen LogP contribution is 2.16. The predicted octanol–water partition coefficient (Wildman–Crippen LogP) is 4.15. The number of hydrogen-bond acceptors (Lipinski definition) is 4. The molecule has 5 heteroatoms. The van der Waals surface area contributed by atoms with Gasteiger partial charge in [-0.15, -0.1) is 0 Å². The highest BCUT2D eigenvalue weighted by atomic mass is 32.1. The number of benzene rings is 1. The van der Waals surface area contributed by atoms with E-state index in [0.29, 0.717) is 13.0 Å². The van der Waals surface area contributed by atoms with Gasteiger partial charge in [0.25, 0.3) is 0 Å². The molecule has 1 unspecified atom stereocenters. The van der Waals surface area contributed by atoms with E-state index < -0.39 is 11.2 Å². The summed E-state index contributed by atoms with van der Waals surface area (Å²) in [6, 6.07) is 12.0. The van der Waals surface area contributed by atoms with Crippen LogP contribution in [0.4, 0.5) is 0 Å². The van der Waals surface area contributed by atoms with E-state index in [2.05, 4.69) is 29.7 Å². The van der Waals surface area contributed by atoms with Crippen LogP contribution < -0.4 is 4.74 Å². The van der Waals surface area contributed by atoms with Crippen molar-refractivity contribution in [3.8, 4) is 5.75 Å². The Hall–Kier alpha value is -2.01. The average molecular weight is 345 g/mol. The summed E-state index contributed by atoms with van der Waals surface area (Å²) in [6.07, 6.45) is 8.13. The lowest BCUT2D eigenvalue weighted by Gasteiger charge is -2.08. The van der Waals surface area contributed by atoms with Crippen LogP contribution >= 0.6 is 12.6 Å². The van der Waals surface area contributed by atoms with Crippen molar-refractivity contribution >= 4 is 18.6 Å². The number of unbranched alkanes of at least 4 members (excludes halogenated alkanes) is 2. The van der Waals surface area contributed by atoms with Gasteiger partial charge in [0.1, 0.15) is 12.4 Å². The van der Waals surface area contributed by atoms with Gasteiger partial charge >= 0.3 is 5.97 Å². The molecule has 2 rings (SSSR count). The van der Waals surface area contributed by atoms with Crippen LogP contribution in [0.5, 0.6) is 5.75 Å². The number of aliphatic carboxylic acids is 1. The minimum absolute atomic E-state index is 0.516. The molecule has 0 aliphatic rings. The lowest BCUT2D eigenvalue weighted by molar-refractivity contribution is -0.136. The lowest BCUT2D eigenvalue weighted by atomic mass is 10.1. The second kappa shape index (κ2) is 9.98. The molecule has 128 valence electrons. The van der Waals surface area contributed by atoms with E-state index in [9.17, 15) is 4.79 Å². The largest absolute Gasteiger partial charge is 0.489 e. The molecule has 1 N–H and O–H groups in total. The summed E-state index contributed by atoms with van der Waals surface area (Å²) in [7, 11) is 0. The van der Waals surface area contributed by atoms with Crippen molar-refractivity contribution in [3.63, 3.8) is 0 Å². The Balaban J connectivity index is 1.66. The van der Waals surface area contributed by atoms with Gasteiger partial charge in [-0.2, -0.15) is 12.6 Å². The van der Waals surface area contributed by atoms with Crippen molar-refractivity contribution < 1.29 is 14.6 Å². The lowest BCUT2D eigenvalue weighted by Crippen LogP contribution is -2.12. The van der Waals surface area contributed by atoms with E-state index in [1.807, 2.05) is 24.3 Å². The van der Waals surface area contributed by atoms with E-state index in [0.717, 1.165) is 37.0 Å². The molecular weight excluding hydrogens is 322 g/mol. The highest BCUT2D eigenvalue weighted by molar-refractivity contribution is 7.81. The molecule has 0 radical (unpaired) electrons. The second-order valence-electron chi connectivity index (χ2n) is 5.75. The molecule has 0 aliphatic carbocycles. The smallest absolute Gasteiger partial charge is 0.316 e. The molecule has 0 aliphatic heterocycles. The first-order valence-corrected chi connectivity index (χ1v) is 8.68. The molecule has 1 aromatic carbocycles. The molecule has 4 nitrogen and oxygen atoms in total. The molecule has 24 heavy (non-hydrogen) atoms. The Morgan fingerprint density at radius 3 is 2.58 bits per heavy atom. The van der Waals surface area contributed by atoms with E-state index in [1.54, 1.807) is 12.4 Å². The van der Waals surface area contributed by atoms with Crippen molar-refractivity contribution in [1.82, 2.24) is 4.98 Å². The number of hydrogen-bond donors (Lipinski definition) is 2. The maximum atomic E-state index is 10.7. The topological polar surface area (TPSA) is 59.4 Å². The Kier molecular flexibility index (Phi) is 7.62. The zero-order valence-electron chi connectivity index (χ0n) is 13.6. The van der Waals surface area contributed by atoms with Crippen LogP contribution in [0.15, 0.2) is 48.8 Å². The molecule has 0 saturated carbocycles. The molecule has 2 aromatic rings. The van der Waals surface area contributed by atoms with Crippen molar-refractivity contribution in [2.24, 2.45) is 0 Å². The van der Waals surface area contributed by atoms with Crippen molar-refractivity contribution in [3.05, 3.63) is 59.9 Å². The third kappa shape index (κ3) is 6.62. The summed E-state index contributed by atoms with van der Waals surface area (Å²) in [5.41, 5.74) is 2.31. The first-order valence-electron chi connectivity index (χ1n) is 8.16. The van der Waals surface area contributed by atoms with Crippen LogP contribution in [0.25, 0.3) is 0 Å². The fraction of sp³-hybridized carbons (Fsp3) is 0.368. The number of carbonyl (C=O) groups is 1. The number of aryl methyl sites for hydroxylation is 1. The van der Waals surface area contributed by atoms with Crippen LogP contribution in [0.3, 0.4) is 0 Å². The SMILES string of the molecule is O=C(O)C(S)CCCCCc1ccc(OCc2cccnc2)cc1. The quantitative estimate of drug-likeness (QED) is 0.502. The van der Waals surface area contributed by atoms with Gasteiger partial charge in [0, 0.05) is 18.0 Å². The second-order valence-corrected chi connectivity index (χ2v) is 6.37. The van der Waals surface area contributed by atoms with Gasteiger partial charge < -0.3 is 9.84 Å². The summed E-state index contributed by atoms with van der Waals surface area (Å²) in [5, 5.41) is 8.23. The van der Waals surface area contributed by atoms with Gasteiger partial charge in [-0.3, -0.25) is 9.78 Å². The normalized spacial score (nSPS) is 11.9. The standard InChI is InChI=1S/C19H23NO3S/c21-19(22)18(24)7-3-1-2-5-15-8-10-17(11-9-15)23-14-16-6-4-12-20-13-16/h4,6,8-13,18,24H,1-3,5,7,14H2,(H,21,22). The molecular formula is C19H23NO3S. The van der Waals surface area contributed by atoms with Gasteiger partial charge in [0.05, 0.1) is 5.25 Å². The number of carboxylic acid groups (broad SMARTS) is 1. The number of aromatic nitrogens is 1. The molecule has 0 amide bonds. The zero-order valence-corrected chi connectivity index (χ0v) is 14.5. The fourth-order valence-electron chi connectivity index (χ4n) is 2.37. The van der Waals surface area contributed by atoms with Crippen LogP contribution in [-0.4, -0.2) is 21.3 Å². The maximum Gasteiger partial charge on any atom is 0.316 e. The van der Waals surface area contributed by atoms with Crippen LogP contribution in [-0.2, 0) is 17.8 Å². The molecule has 0 fully saturated rings. The Labute approximate surface area is 148 Å². The summed E-state index contributed by atoms with van der Waals surface area (Å²) in [4.78, 5) is 14.7. The van der Waals surface area contributed by atoms with Crippen LogP contribution in [0, 0.1) is 0 Å². The number of rotatable bonds is 10. The number of ether oxygens (including phenoxy) is 1. The third-order valence-corrected chi connectivity index (χ3v) is 4.26. The summed E-state index contributed by atoms with van der Waals surface area (Å²) in [6.45, 7) is 0.516. The molecule has 1 aromatic heterocycles. The Bertz CT molecular complexity index is 616. The average Bonchev–Trinajstić information content (AvgIpc) is 2.61. The molecule has 0 spiro atoms. The molecule has 1 atom stereocenters. The molecule has 0 bridgehead atoms. The van der Waals surface area contributed by atoms with E-state index in [1.165, 1.54) is 5.56 Å². The van der Waals surface area contributed by atoms with Gasteiger partial charge in [-0.1, -0.05) is 31.0 Å². The Morgan fingerprint density at radius 2 is 1.92 bits per heavy atom. The first kappa shape index (κ1) is 18.3. The molecule has 1 heterocycles. The summed E-state index contributed by atoms with van der Waals surface area (Å²) in [5.74, 6) is 0.0159. The number of thiol groups is 1. The fourth-order valence-corrected chi connectivity index (χ4v) is 2.55. The van der Waals surface area contributed by atoms with Gasteiger partial charge in [0.2, 0.25) is 0 Å². The minimum atomic E-state index is -0.833. The van der Waals surface area contributed by atoms with Crippen LogP contribution in [0.2, 0.25) is 0 Å². The number of nitrogens with zero attached hydrogens (tertiary/aromatic N) is 1. The highest BCUT2D eigenvalue weighted by Gasteiger charge is 2.10. The van der Waals surface area contributed by atoms with Crippen molar-refractivity contribution in [1.29, 1.82) is 0 Å². The van der Waals surface area contributed by atoms with Crippen LogP contribution in [0.1, 0.15) is 36.8 Å². The number of carboxylic acids is 1. The Morgan fingerprint density at radius 1 is 1.12 bits per heavy atom. The van der Waals surface area contributed by atoms with E-state index in [4.69, 9.17) is 9.84 Å². The molecule has 0 saturated heterocycles. The van der Waals surface area contributed by atoms with Gasteiger partial charge in [-0.05, 0) is 43.0 Å².